The largest absolute Gasteiger partial charge is 0.489 e. The van der Waals surface area contributed by atoms with Gasteiger partial charge in [0.25, 0.3) is 5.69 Å². The van der Waals surface area contributed by atoms with Crippen molar-refractivity contribution in [3.8, 4) is 5.75 Å². The maximum absolute atomic E-state index is 10.6. The van der Waals surface area contributed by atoms with Crippen LogP contribution in [0.15, 0.2) is 22.7 Å². The number of rotatable bonds is 3. The van der Waals surface area contributed by atoms with Crippen LogP contribution in [0.1, 0.15) is 12.8 Å². The summed E-state index contributed by atoms with van der Waals surface area (Å²) < 4.78 is 6.41. The fourth-order valence-corrected chi connectivity index (χ4v) is 2.65. The van der Waals surface area contributed by atoms with E-state index in [1.54, 1.807) is 6.07 Å². The molecule has 0 heterocycles. The standard InChI is InChI=1S/C10H9Br2NO3/c11-6-3-8(4-6)16-10-5-7(13(14)15)1-2-9(10)12/h1-2,5-6,8H,3-4H2. The lowest BCUT2D eigenvalue weighted by molar-refractivity contribution is -0.385. The second kappa shape index (κ2) is 4.71. The summed E-state index contributed by atoms with van der Waals surface area (Å²) in [5, 5.41) is 10.6. The van der Waals surface area contributed by atoms with Crippen molar-refractivity contribution in [2.24, 2.45) is 0 Å². The van der Waals surface area contributed by atoms with Crippen molar-refractivity contribution in [3.05, 3.63) is 32.8 Å². The molecule has 1 aliphatic carbocycles. The van der Waals surface area contributed by atoms with Gasteiger partial charge < -0.3 is 4.74 Å². The van der Waals surface area contributed by atoms with Gasteiger partial charge in [0.15, 0.2) is 0 Å². The maximum Gasteiger partial charge on any atom is 0.273 e. The van der Waals surface area contributed by atoms with E-state index in [1.165, 1.54) is 12.1 Å². The van der Waals surface area contributed by atoms with Gasteiger partial charge in [0.05, 0.1) is 15.5 Å². The van der Waals surface area contributed by atoms with Crippen molar-refractivity contribution in [1.29, 1.82) is 0 Å². The molecule has 1 fully saturated rings. The third kappa shape index (κ3) is 2.55. The highest BCUT2D eigenvalue weighted by atomic mass is 79.9. The number of non-ortho nitro benzene ring substituents is 1. The molecule has 0 N–H and O–H groups in total. The lowest BCUT2D eigenvalue weighted by Gasteiger charge is -2.31. The average Bonchev–Trinajstić information content (AvgIpc) is 2.18. The van der Waals surface area contributed by atoms with Gasteiger partial charge in [0.1, 0.15) is 11.9 Å². The third-order valence-electron chi connectivity index (χ3n) is 2.46. The van der Waals surface area contributed by atoms with Crippen LogP contribution in [0.4, 0.5) is 5.69 Å². The van der Waals surface area contributed by atoms with Crippen LogP contribution in [0, 0.1) is 10.1 Å². The molecule has 0 radical (unpaired) electrons. The Bertz CT molecular complexity index is 419. The molecule has 2 rings (SSSR count). The Balaban J connectivity index is 2.12. The van der Waals surface area contributed by atoms with Crippen molar-refractivity contribution in [2.45, 2.75) is 23.8 Å². The summed E-state index contributed by atoms with van der Waals surface area (Å²) in [4.78, 5) is 10.7. The molecule has 16 heavy (non-hydrogen) atoms. The van der Waals surface area contributed by atoms with E-state index in [2.05, 4.69) is 31.9 Å². The predicted molar refractivity (Wildman–Crippen MR) is 67.2 cm³/mol. The monoisotopic (exact) mass is 349 g/mol. The van der Waals surface area contributed by atoms with Crippen molar-refractivity contribution < 1.29 is 9.66 Å². The molecule has 0 atom stereocenters. The summed E-state index contributed by atoms with van der Waals surface area (Å²) >= 11 is 6.79. The lowest BCUT2D eigenvalue weighted by atomic mass is 9.96. The quantitative estimate of drug-likeness (QED) is 0.475. The molecule has 0 saturated heterocycles. The van der Waals surface area contributed by atoms with E-state index in [0.29, 0.717) is 10.6 Å². The molecule has 0 amide bonds. The molecule has 1 aliphatic rings. The number of hydrogen-bond donors (Lipinski definition) is 0. The first-order valence-corrected chi connectivity index (χ1v) is 6.52. The number of ether oxygens (including phenoxy) is 1. The molecule has 0 unspecified atom stereocenters. The number of alkyl halides is 1. The average molecular weight is 351 g/mol. The summed E-state index contributed by atoms with van der Waals surface area (Å²) in [7, 11) is 0. The third-order valence-corrected chi connectivity index (χ3v) is 3.86. The van der Waals surface area contributed by atoms with E-state index in [-0.39, 0.29) is 11.8 Å². The van der Waals surface area contributed by atoms with E-state index in [4.69, 9.17) is 4.74 Å². The molecule has 0 aromatic heterocycles. The van der Waals surface area contributed by atoms with Gasteiger partial charge >= 0.3 is 0 Å². The smallest absolute Gasteiger partial charge is 0.273 e. The predicted octanol–water partition coefficient (Wildman–Crippen LogP) is 3.66. The van der Waals surface area contributed by atoms with Crippen LogP contribution >= 0.6 is 31.9 Å². The topological polar surface area (TPSA) is 52.4 Å². The van der Waals surface area contributed by atoms with Gasteiger partial charge in [-0.3, -0.25) is 10.1 Å². The van der Waals surface area contributed by atoms with E-state index >= 15 is 0 Å². The van der Waals surface area contributed by atoms with E-state index in [0.717, 1.165) is 17.3 Å². The Morgan fingerprint density at radius 3 is 2.69 bits per heavy atom. The number of hydrogen-bond acceptors (Lipinski definition) is 3. The Morgan fingerprint density at radius 2 is 2.12 bits per heavy atom. The molecule has 6 heteroatoms. The highest BCUT2D eigenvalue weighted by Gasteiger charge is 2.29. The van der Waals surface area contributed by atoms with E-state index in [1.807, 2.05) is 0 Å². The molecule has 86 valence electrons. The van der Waals surface area contributed by atoms with Crippen molar-refractivity contribution >= 4 is 37.5 Å². The molecule has 1 aromatic rings. The minimum absolute atomic E-state index is 0.0490. The van der Waals surface area contributed by atoms with Gasteiger partial charge in [0, 0.05) is 10.9 Å². The van der Waals surface area contributed by atoms with Crippen LogP contribution in [-0.4, -0.2) is 15.9 Å². The van der Waals surface area contributed by atoms with Gasteiger partial charge in [0.2, 0.25) is 0 Å². The molecule has 1 saturated carbocycles. The molecular weight excluding hydrogens is 342 g/mol. The summed E-state index contributed by atoms with van der Waals surface area (Å²) in [6.45, 7) is 0. The van der Waals surface area contributed by atoms with Crippen LogP contribution in [0.3, 0.4) is 0 Å². The number of nitro groups is 1. The van der Waals surface area contributed by atoms with E-state index < -0.39 is 4.92 Å². The molecule has 0 aliphatic heterocycles. The zero-order chi connectivity index (χ0) is 11.7. The van der Waals surface area contributed by atoms with Gasteiger partial charge in [-0.15, -0.1) is 0 Å². The highest BCUT2D eigenvalue weighted by molar-refractivity contribution is 9.10. The van der Waals surface area contributed by atoms with Crippen LogP contribution in [0.5, 0.6) is 5.75 Å². The number of halogens is 2. The Hall–Kier alpha value is -0.620. The second-order valence-electron chi connectivity index (χ2n) is 3.68. The Morgan fingerprint density at radius 1 is 1.44 bits per heavy atom. The molecule has 1 aromatic carbocycles. The van der Waals surface area contributed by atoms with Crippen LogP contribution in [-0.2, 0) is 0 Å². The SMILES string of the molecule is O=[N+]([O-])c1ccc(Br)c(OC2CC(Br)C2)c1. The molecular formula is C10H9Br2NO3. The number of benzene rings is 1. The first-order valence-electron chi connectivity index (χ1n) is 4.81. The minimum Gasteiger partial charge on any atom is -0.489 e. The summed E-state index contributed by atoms with van der Waals surface area (Å²) in [6, 6.07) is 4.54. The zero-order valence-electron chi connectivity index (χ0n) is 8.23. The summed E-state index contributed by atoms with van der Waals surface area (Å²) in [5.74, 6) is 0.540. The normalized spacial score (nSPS) is 23.6. The first-order chi connectivity index (χ1) is 7.56. The van der Waals surface area contributed by atoms with Crippen LogP contribution in [0.25, 0.3) is 0 Å². The number of nitro benzene ring substituents is 1. The minimum atomic E-state index is -0.423. The zero-order valence-corrected chi connectivity index (χ0v) is 11.4. The molecule has 4 nitrogen and oxygen atoms in total. The summed E-state index contributed by atoms with van der Waals surface area (Å²) in [5.41, 5.74) is 0.0490. The molecule has 0 bridgehead atoms. The maximum atomic E-state index is 10.6. The van der Waals surface area contributed by atoms with Gasteiger partial charge in [-0.25, -0.2) is 0 Å². The second-order valence-corrected chi connectivity index (χ2v) is 5.83. The molecule has 0 spiro atoms. The Kier molecular flexibility index (Phi) is 3.49. The van der Waals surface area contributed by atoms with Gasteiger partial charge in [-0.2, -0.15) is 0 Å². The van der Waals surface area contributed by atoms with Crippen LogP contribution in [0.2, 0.25) is 0 Å². The van der Waals surface area contributed by atoms with Crippen molar-refractivity contribution in [3.63, 3.8) is 0 Å². The van der Waals surface area contributed by atoms with Crippen molar-refractivity contribution in [2.75, 3.05) is 0 Å². The van der Waals surface area contributed by atoms with Gasteiger partial charge in [-0.05, 0) is 34.8 Å². The summed E-state index contributed by atoms with van der Waals surface area (Å²) in [6.07, 6.45) is 2.03. The van der Waals surface area contributed by atoms with Gasteiger partial charge in [-0.1, -0.05) is 15.9 Å². The fourth-order valence-electron chi connectivity index (χ4n) is 1.47. The van der Waals surface area contributed by atoms with Crippen molar-refractivity contribution in [1.82, 2.24) is 0 Å². The Labute approximate surface area is 109 Å². The van der Waals surface area contributed by atoms with E-state index in [9.17, 15) is 10.1 Å². The highest BCUT2D eigenvalue weighted by Crippen LogP contribution is 2.35. The number of nitrogens with zero attached hydrogens (tertiary/aromatic N) is 1. The lowest BCUT2D eigenvalue weighted by Crippen LogP contribution is -2.34. The fraction of sp³-hybridized carbons (Fsp3) is 0.400. The first kappa shape index (κ1) is 11.9. The van der Waals surface area contributed by atoms with Crippen LogP contribution < -0.4 is 4.74 Å².